The Hall–Kier alpha value is -2.31. The second-order valence-corrected chi connectivity index (χ2v) is 7.54. The lowest BCUT2D eigenvalue weighted by molar-refractivity contribution is -0.130. The van der Waals surface area contributed by atoms with Gasteiger partial charge in [-0.1, -0.05) is 48.5 Å². The van der Waals surface area contributed by atoms with Crippen molar-refractivity contribution < 1.29 is 14.3 Å². The number of carbonyl (C=O) groups excluding carboxylic acids is 1. The molecule has 26 heavy (non-hydrogen) atoms. The van der Waals surface area contributed by atoms with E-state index < -0.39 is 18.2 Å². The van der Waals surface area contributed by atoms with Gasteiger partial charge in [-0.25, -0.2) is 4.39 Å². The van der Waals surface area contributed by atoms with Crippen LogP contribution in [0.1, 0.15) is 17.2 Å². The van der Waals surface area contributed by atoms with E-state index in [1.165, 1.54) is 16.4 Å². The quantitative estimate of drug-likeness (QED) is 0.768. The molecule has 2 heterocycles. The summed E-state index contributed by atoms with van der Waals surface area (Å²) in [5.41, 5.74) is -0.285. The van der Waals surface area contributed by atoms with E-state index in [1.807, 2.05) is 54.6 Å². The van der Waals surface area contributed by atoms with Crippen LogP contribution in [0, 0.1) is 0 Å². The van der Waals surface area contributed by atoms with Gasteiger partial charge in [0.1, 0.15) is 0 Å². The van der Waals surface area contributed by atoms with Crippen LogP contribution in [0.4, 0.5) is 4.39 Å². The summed E-state index contributed by atoms with van der Waals surface area (Å²) < 4.78 is 20.7. The molecule has 0 radical (unpaired) electrons. The largest absolute Gasteiger partial charge is 0.393 e. The molecule has 1 aliphatic rings. The van der Waals surface area contributed by atoms with Gasteiger partial charge < -0.3 is 10.0 Å². The molecule has 1 saturated heterocycles. The maximum absolute atomic E-state index is 15.3. The number of carbonyl (C=O) groups is 1. The van der Waals surface area contributed by atoms with Gasteiger partial charge in [0.05, 0.1) is 30.0 Å². The number of halogens is 1. The molecule has 4 nitrogen and oxygen atoms in total. The molecule has 2 unspecified atom stereocenters. The van der Waals surface area contributed by atoms with Gasteiger partial charge in [-0.3, -0.25) is 4.79 Å². The van der Waals surface area contributed by atoms with Crippen LogP contribution in [-0.2, 0) is 11.2 Å². The molecule has 2 aromatic carbocycles. The van der Waals surface area contributed by atoms with Gasteiger partial charge in [0.2, 0.25) is 5.91 Å². The monoisotopic (exact) mass is 370 g/mol. The molecule has 1 aromatic heterocycles. The van der Waals surface area contributed by atoms with Crippen LogP contribution in [0.3, 0.4) is 0 Å². The zero-order valence-electron chi connectivity index (χ0n) is 14.1. The molecule has 0 saturated carbocycles. The molecule has 0 bridgehead atoms. The number of aliphatic hydroxyl groups excluding tert-OH is 1. The Bertz CT molecular complexity index is 930. The summed E-state index contributed by atoms with van der Waals surface area (Å²) in [6.45, 7) is -0.429. The number of likely N-dealkylation sites (tertiary alicyclic amines) is 1. The number of aliphatic hydroxyl groups is 1. The van der Waals surface area contributed by atoms with Crippen LogP contribution in [-0.4, -0.2) is 45.7 Å². The minimum atomic E-state index is -1.82. The van der Waals surface area contributed by atoms with Gasteiger partial charge in [-0.15, -0.1) is 0 Å². The molecule has 4 rings (SSSR count). The van der Waals surface area contributed by atoms with Crippen LogP contribution in [0.5, 0.6) is 0 Å². The summed E-state index contributed by atoms with van der Waals surface area (Å²) in [5.74, 6) is -0.681. The number of hydrogen-bond acceptors (Lipinski definition) is 4. The third-order valence-electron chi connectivity index (χ3n) is 5.07. The Morgan fingerprint density at radius 1 is 1.23 bits per heavy atom. The molecule has 3 aromatic rings. The molecule has 1 N–H and O–H groups in total. The van der Waals surface area contributed by atoms with Crippen molar-refractivity contribution in [2.24, 2.45) is 0 Å². The van der Waals surface area contributed by atoms with E-state index in [9.17, 15) is 9.90 Å². The molecule has 0 spiro atoms. The fraction of sp³-hybridized carbons (Fsp3) is 0.300. The highest BCUT2D eigenvalue weighted by molar-refractivity contribution is 7.13. The van der Waals surface area contributed by atoms with Crippen LogP contribution < -0.4 is 0 Å². The fourth-order valence-electron chi connectivity index (χ4n) is 3.64. The highest BCUT2D eigenvalue weighted by Crippen LogP contribution is 2.39. The molecular formula is C20H19FN2O2S. The zero-order valence-corrected chi connectivity index (χ0v) is 15.0. The molecular weight excluding hydrogens is 351 g/mol. The number of fused-ring (bicyclic) bond motifs is 1. The first-order chi connectivity index (χ1) is 12.6. The van der Waals surface area contributed by atoms with E-state index in [2.05, 4.69) is 4.37 Å². The summed E-state index contributed by atoms with van der Waals surface area (Å²) in [7, 11) is 0. The first-order valence-corrected chi connectivity index (χ1v) is 9.34. The Morgan fingerprint density at radius 2 is 1.96 bits per heavy atom. The number of alkyl halides is 1. The van der Waals surface area contributed by atoms with E-state index in [4.69, 9.17) is 0 Å². The van der Waals surface area contributed by atoms with Crippen LogP contribution in [0.2, 0.25) is 0 Å². The molecule has 1 aliphatic heterocycles. The maximum atomic E-state index is 15.3. The van der Waals surface area contributed by atoms with E-state index in [0.717, 1.165) is 21.3 Å². The highest BCUT2D eigenvalue weighted by Gasteiger charge is 2.49. The Labute approximate surface area is 155 Å². The molecule has 6 heteroatoms. The van der Waals surface area contributed by atoms with E-state index >= 15 is 4.39 Å². The average molecular weight is 370 g/mol. The summed E-state index contributed by atoms with van der Waals surface area (Å²) in [6, 6.07) is 17.0. The Morgan fingerprint density at radius 3 is 2.73 bits per heavy atom. The summed E-state index contributed by atoms with van der Waals surface area (Å²) in [6.07, 6.45) is 0.146. The fourth-order valence-corrected chi connectivity index (χ4v) is 4.43. The van der Waals surface area contributed by atoms with Crippen LogP contribution in [0.15, 0.2) is 54.6 Å². The first kappa shape index (κ1) is 17.1. The van der Waals surface area contributed by atoms with Crippen molar-refractivity contribution in [3.8, 4) is 0 Å². The van der Waals surface area contributed by atoms with Crippen molar-refractivity contribution >= 4 is 27.5 Å². The summed E-state index contributed by atoms with van der Waals surface area (Å²) >= 11 is 1.37. The number of amides is 1. The second kappa shape index (κ2) is 6.78. The van der Waals surface area contributed by atoms with Crippen molar-refractivity contribution in [3.05, 3.63) is 65.9 Å². The average Bonchev–Trinajstić information content (AvgIpc) is 3.24. The van der Waals surface area contributed by atoms with Gasteiger partial charge in [0.25, 0.3) is 0 Å². The van der Waals surface area contributed by atoms with Crippen molar-refractivity contribution in [1.29, 1.82) is 0 Å². The predicted molar refractivity (Wildman–Crippen MR) is 100 cm³/mol. The molecule has 134 valence electrons. The normalized spacial score (nSPS) is 22.8. The van der Waals surface area contributed by atoms with Crippen molar-refractivity contribution in [2.75, 3.05) is 19.7 Å². The van der Waals surface area contributed by atoms with Crippen molar-refractivity contribution in [3.63, 3.8) is 0 Å². The highest BCUT2D eigenvalue weighted by atomic mass is 32.1. The number of aromatic nitrogens is 1. The Kier molecular flexibility index (Phi) is 4.46. The molecule has 1 amide bonds. The first-order valence-electron chi connectivity index (χ1n) is 8.56. The van der Waals surface area contributed by atoms with E-state index in [1.54, 1.807) is 0 Å². The predicted octanol–water partition coefficient (Wildman–Crippen LogP) is 3.17. The smallest absolute Gasteiger partial charge is 0.228 e. The van der Waals surface area contributed by atoms with E-state index in [0.29, 0.717) is 0 Å². The lowest BCUT2D eigenvalue weighted by Crippen LogP contribution is -2.38. The number of rotatable bonds is 4. The van der Waals surface area contributed by atoms with Crippen LogP contribution in [0.25, 0.3) is 10.1 Å². The number of benzene rings is 2. The van der Waals surface area contributed by atoms with Gasteiger partial charge >= 0.3 is 0 Å². The minimum absolute atomic E-state index is 0.0933. The maximum Gasteiger partial charge on any atom is 0.228 e. The number of nitrogens with zero attached hydrogens (tertiary/aromatic N) is 2. The Balaban J connectivity index is 1.55. The lowest BCUT2D eigenvalue weighted by atomic mass is 9.87. The van der Waals surface area contributed by atoms with Crippen molar-refractivity contribution in [2.45, 2.75) is 18.0 Å². The summed E-state index contributed by atoms with van der Waals surface area (Å²) in [4.78, 5) is 14.3. The van der Waals surface area contributed by atoms with Gasteiger partial charge in [-0.05, 0) is 23.2 Å². The minimum Gasteiger partial charge on any atom is -0.393 e. The zero-order chi connectivity index (χ0) is 18.1. The van der Waals surface area contributed by atoms with Crippen molar-refractivity contribution in [1.82, 2.24) is 9.27 Å². The van der Waals surface area contributed by atoms with Gasteiger partial charge in [-0.2, -0.15) is 4.37 Å². The van der Waals surface area contributed by atoms with E-state index in [-0.39, 0.29) is 25.4 Å². The van der Waals surface area contributed by atoms with Gasteiger partial charge in [0, 0.05) is 17.8 Å². The lowest BCUT2D eigenvalue weighted by Gasteiger charge is -2.23. The molecule has 0 aliphatic carbocycles. The number of hydrogen-bond donors (Lipinski definition) is 1. The second-order valence-electron chi connectivity index (χ2n) is 6.73. The third-order valence-corrected chi connectivity index (χ3v) is 5.93. The topological polar surface area (TPSA) is 53.4 Å². The standard InChI is InChI=1S/C20H19FN2O2S/c21-20(13-24)12-23(11-16(20)14-6-2-1-3-7-14)19(25)10-17-15-8-4-5-9-18(15)26-22-17/h1-9,16,24H,10-13H2. The van der Waals surface area contributed by atoms with Crippen LogP contribution >= 0.6 is 11.5 Å². The molecule has 2 atom stereocenters. The van der Waals surface area contributed by atoms with Gasteiger partial charge in [0.15, 0.2) is 5.67 Å². The summed E-state index contributed by atoms with van der Waals surface area (Å²) in [5, 5.41) is 10.6. The molecule has 1 fully saturated rings. The SMILES string of the molecule is O=C(Cc1nsc2ccccc12)N1CC(c2ccccc2)C(F)(CO)C1. The third kappa shape index (κ3) is 2.99.